The van der Waals surface area contributed by atoms with E-state index < -0.39 is 26.0 Å². The minimum Gasteiger partial charge on any atom is -0.495 e. The van der Waals surface area contributed by atoms with Crippen LogP contribution in [0.2, 0.25) is 0 Å². The van der Waals surface area contributed by atoms with Gasteiger partial charge in [-0.25, -0.2) is 21.1 Å². The van der Waals surface area contributed by atoms with Crippen molar-refractivity contribution in [2.45, 2.75) is 29.1 Å². The van der Waals surface area contributed by atoms with E-state index in [0.717, 1.165) is 23.6 Å². The normalized spacial score (nSPS) is 15.5. The molecular formula is C21H27N3O6S2. The number of piperidine rings is 1. The molecule has 0 bridgehead atoms. The van der Waals surface area contributed by atoms with Gasteiger partial charge in [0.1, 0.15) is 5.75 Å². The third-order valence-corrected chi connectivity index (χ3v) is 8.95. The molecule has 1 saturated heterocycles. The number of benzene rings is 2. The Morgan fingerprint density at radius 3 is 2.28 bits per heavy atom. The summed E-state index contributed by atoms with van der Waals surface area (Å²) in [6.07, 6.45) is 2.62. The number of anilines is 1. The van der Waals surface area contributed by atoms with Crippen LogP contribution in [0.1, 0.15) is 29.6 Å². The molecule has 0 aromatic heterocycles. The van der Waals surface area contributed by atoms with Crippen LogP contribution in [0.25, 0.3) is 0 Å². The van der Waals surface area contributed by atoms with Crippen molar-refractivity contribution in [3.63, 3.8) is 0 Å². The minimum atomic E-state index is -3.72. The lowest BCUT2D eigenvalue weighted by atomic mass is 10.2. The molecule has 0 saturated carbocycles. The van der Waals surface area contributed by atoms with Crippen molar-refractivity contribution in [2.75, 3.05) is 39.6 Å². The summed E-state index contributed by atoms with van der Waals surface area (Å²) in [5.41, 5.74) is 0.288. The van der Waals surface area contributed by atoms with Gasteiger partial charge in [-0.3, -0.25) is 4.79 Å². The van der Waals surface area contributed by atoms with E-state index >= 15 is 0 Å². The lowest BCUT2D eigenvalue weighted by molar-refractivity contribution is 0.102. The third kappa shape index (κ3) is 4.96. The van der Waals surface area contributed by atoms with Crippen LogP contribution in [0, 0.1) is 0 Å². The fourth-order valence-corrected chi connectivity index (χ4v) is 5.89. The molecule has 174 valence electrons. The SMILES string of the molecule is COc1ccc(S(=O)(=O)N(C)C)cc1NC(=O)c1cccc(S(=O)(=O)N2CCCCC2)c1. The number of nitrogens with one attached hydrogen (secondary N) is 1. The molecule has 1 amide bonds. The number of amides is 1. The zero-order valence-corrected chi connectivity index (χ0v) is 19.9. The molecule has 9 nitrogen and oxygen atoms in total. The van der Waals surface area contributed by atoms with Crippen LogP contribution in [0.4, 0.5) is 5.69 Å². The van der Waals surface area contributed by atoms with Crippen molar-refractivity contribution in [2.24, 2.45) is 0 Å². The Morgan fingerprint density at radius 2 is 1.66 bits per heavy atom. The van der Waals surface area contributed by atoms with E-state index in [2.05, 4.69) is 5.32 Å². The first-order valence-electron chi connectivity index (χ1n) is 10.1. The van der Waals surface area contributed by atoms with Crippen LogP contribution in [-0.4, -0.2) is 65.6 Å². The highest BCUT2D eigenvalue weighted by Gasteiger charge is 2.27. The molecular weight excluding hydrogens is 454 g/mol. The van der Waals surface area contributed by atoms with E-state index in [0.29, 0.717) is 13.1 Å². The van der Waals surface area contributed by atoms with Crippen LogP contribution in [0.15, 0.2) is 52.3 Å². The molecule has 32 heavy (non-hydrogen) atoms. The Balaban J connectivity index is 1.90. The van der Waals surface area contributed by atoms with Crippen molar-refractivity contribution in [1.29, 1.82) is 0 Å². The summed E-state index contributed by atoms with van der Waals surface area (Å²) < 4.78 is 58.5. The summed E-state index contributed by atoms with van der Waals surface area (Å²) in [5.74, 6) is -0.313. The van der Waals surface area contributed by atoms with Gasteiger partial charge in [0.05, 0.1) is 22.6 Å². The Morgan fingerprint density at radius 1 is 0.969 bits per heavy atom. The predicted octanol–water partition coefficient (Wildman–Crippen LogP) is 2.37. The van der Waals surface area contributed by atoms with Crippen LogP contribution in [0.3, 0.4) is 0 Å². The predicted molar refractivity (Wildman–Crippen MR) is 121 cm³/mol. The van der Waals surface area contributed by atoms with Gasteiger partial charge in [-0.05, 0) is 49.2 Å². The second-order valence-electron chi connectivity index (χ2n) is 7.60. The molecule has 11 heteroatoms. The lowest BCUT2D eigenvalue weighted by Gasteiger charge is -2.26. The molecule has 1 N–H and O–H groups in total. The number of sulfonamides is 2. The van der Waals surface area contributed by atoms with E-state index in [9.17, 15) is 21.6 Å². The first kappa shape index (κ1) is 24.2. The Bertz CT molecular complexity index is 1200. The summed E-state index contributed by atoms with van der Waals surface area (Å²) in [4.78, 5) is 12.9. The maximum absolute atomic E-state index is 12.9. The first-order chi connectivity index (χ1) is 15.1. The van der Waals surface area contributed by atoms with Crippen LogP contribution < -0.4 is 10.1 Å². The number of ether oxygens (including phenoxy) is 1. The van der Waals surface area contributed by atoms with Crippen LogP contribution in [0.5, 0.6) is 5.75 Å². The lowest BCUT2D eigenvalue weighted by Crippen LogP contribution is -2.35. The highest BCUT2D eigenvalue weighted by atomic mass is 32.2. The van der Waals surface area contributed by atoms with Crippen molar-refractivity contribution >= 4 is 31.6 Å². The minimum absolute atomic E-state index is 0.0139. The van der Waals surface area contributed by atoms with Crippen LogP contribution >= 0.6 is 0 Å². The van der Waals surface area contributed by atoms with Gasteiger partial charge >= 0.3 is 0 Å². The van der Waals surface area contributed by atoms with Gasteiger partial charge in [0.25, 0.3) is 5.91 Å². The topological polar surface area (TPSA) is 113 Å². The van der Waals surface area contributed by atoms with Crippen molar-refractivity contribution in [1.82, 2.24) is 8.61 Å². The molecule has 1 aliphatic heterocycles. The Labute approximate surface area is 189 Å². The fourth-order valence-electron chi connectivity index (χ4n) is 3.40. The van der Waals surface area contributed by atoms with Gasteiger partial charge in [-0.2, -0.15) is 4.31 Å². The smallest absolute Gasteiger partial charge is 0.255 e. The number of carbonyl (C=O) groups is 1. The van der Waals surface area contributed by atoms with E-state index in [-0.39, 0.29) is 26.8 Å². The van der Waals surface area contributed by atoms with Crippen molar-refractivity contribution in [3.8, 4) is 5.75 Å². The van der Waals surface area contributed by atoms with Gasteiger partial charge in [0.15, 0.2) is 0 Å². The zero-order chi connectivity index (χ0) is 23.5. The second-order valence-corrected chi connectivity index (χ2v) is 11.7. The fraction of sp³-hybridized carbons (Fsp3) is 0.381. The molecule has 0 radical (unpaired) electrons. The molecule has 2 aromatic carbocycles. The van der Waals surface area contributed by atoms with E-state index in [4.69, 9.17) is 4.74 Å². The maximum Gasteiger partial charge on any atom is 0.255 e. The maximum atomic E-state index is 12.9. The number of hydrogen-bond acceptors (Lipinski definition) is 6. The summed E-state index contributed by atoms with van der Waals surface area (Å²) >= 11 is 0. The summed E-state index contributed by atoms with van der Waals surface area (Å²) in [7, 11) is -3.20. The van der Waals surface area contributed by atoms with Crippen molar-refractivity contribution in [3.05, 3.63) is 48.0 Å². The monoisotopic (exact) mass is 481 g/mol. The molecule has 0 spiro atoms. The van der Waals surface area contributed by atoms with Crippen LogP contribution in [-0.2, 0) is 20.0 Å². The number of rotatable bonds is 7. The van der Waals surface area contributed by atoms with Gasteiger partial charge in [-0.15, -0.1) is 0 Å². The second kappa shape index (κ2) is 9.57. The zero-order valence-electron chi connectivity index (χ0n) is 18.2. The highest BCUT2D eigenvalue weighted by molar-refractivity contribution is 7.89. The quantitative estimate of drug-likeness (QED) is 0.650. The Kier molecular flexibility index (Phi) is 7.23. The average Bonchev–Trinajstić information content (AvgIpc) is 2.79. The summed E-state index contributed by atoms with van der Waals surface area (Å²) in [5, 5.41) is 2.63. The first-order valence-corrected chi connectivity index (χ1v) is 13.0. The van der Waals surface area contributed by atoms with Gasteiger partial charge in [-0.1, -0.05) is 12.5 Å². The molecule has 0 aliphatic carbocycles. The number of carbonyl (C=O) groups excluding carboxylic acids is 1. The third-order valence-electron chi connectivity index (χ3n) is 5.25. The van der Waals surface area contributed by atoms with Gasteiger partial charge in [0, 0.05) is 32.7 Å². The summed E-state index contributed by atoms with van der Waals surface area (Å²) in [6, 6.07) is 9.93. The number of nitrogens with zero attached hydrogens (tertiary/aromatic N) is 2. The van der Waals surface area contributed by atoms with Gasteiger partial charge < -0.3 is 10.1 Å². The molecule has 0 atom stereocenters. The standard InChI is InChI=1S/C21H27N3O6S2/c1-23(2)31(26,27)18-10-11-20(30-3)19(15-18)22-21(25)16-8-7-9-17(14-16)32(28,29)24-12-5-4-6-13-24/h7-11,14-15H,4-6,12-13H2,1-3H3,(H,22,25). The van der Waals surface area contributed by atoms with E-state index in [1.807, 2.05) is 0 Å². The molecule has 1 aliphatic rings. The largest absolute Gasteiger partial charge is 0.495 e. The summed E-state index contributed by atoms with van der Waals surface area (Å²) in [6.45, 7) is 0.923. The van der Waals surface area contributed by atoms with E-state index in [1.54, 1.807) is 0 Å². The highest BCUT2D eigenvalue weighted by Crippen LogP contribution is 2.29. The molecule has 0 unspecified atom stereocenters. The molecule has 1 fully saturated rings. The van der Waals surface area contributed by atoms with Crippen molar-refractivity contribution < 1.29 is 26.4 Å². The molecule has 3 rings (SSSR count). The Hall–Kier alpha value is -2.47. The number of methoxy groups -OCH3 is 1. The molecule has 2 aromatic rings. The molecule has 1 heterocycles. The van der Waals surface area contributed by atoms with Gasteiger partial charge in [0.2, 0.25) is 20.0 Å². The average molecular weight is 482 g/mol. The number of hydrogen-bond donors (Lipinski definition) is 1. The van der Waals surface area contributed by atoms with E-state index in [1.165, 1.54) is 68.0 Å².